The molecule has 3 nitrogen and oxygen atoms in total. The number of benzene rings is 2. The summed E-state index contributed by atoms with van der Waals surface area (Å²) in [7, 11) is 0. The van der Waals surface area contributed by atoms with Crippen molar-refractivity contribution in [3.05, 3.63) is 101 Å². The molecule has 0 unspecified atom stereocenters. The lowest BCUT2D eigenvalue weighted by Gasteiger charge is -2.25. The summed E-state index contributed by atoms with van der Waals surface area (Å²) in [4.78, 5) is 0. The van der Waals surface area contributed by atoms with Crippen molar-refractivity contribution in [1.82, 2.24) is 0 Å². The Balaban J connectivity index is 1.77. The normalized spacial score (nSPS) is 14.1. The van der Waals surface area contributed by atoms with E-state index in [0.29, 0.717) is 12.2 Å². The molecule has 1 aliphatic rings. The van der Waals surface area contributed by atoms with Gasteiger partial charge in [-0.05, 0) is 88.8 Å². The van der Waals surface area contributed by atoms with Gasteiger partial charge < -0.3 is 14.9 Å². The quantitative estimate of drug-likeness (QED) is 0.371. The number of phenols is 2. The van der Waals surface area contributed by atoms with Crippen molar-refractivity contribution < 1.29 is 14.9 Å². The predicted octanol–water partition coefficient (Wildman–Crippen LogP) is 8.72. The molecule has 2 aromatic carbocycles. The van der Waals surface area contributed by atoms with Gasteiger partial charge in [-0.1, -0.05) is 53.7 Å². The van der Waals surface area contributed by atoms with Crippen LogP contribution in [0.1, 0.15) is 70.9 Å². The highest BCUT2D eigenvalue weighted by Crippen LogP contribution is 2.44. The second kappa shape index (κ2) is 11.6. The minimum Gasteiger partial charge on any atom is -0.508 e. The molecule has 0 bridgehead atoms. The third-order valence-corrected chi connectivity index (χ3v) is 6.02. The third kappa shape index (κ3) is 6.77. The largest absolute Gasteiger partial charge is 0.508 e. The average molecular weight is 457 g/mol. The van der Waals surface area contributed by atoms with E-state index < -0.39 is 0 Å². The first-order chi connectivity index (χ1) is 16.2. The minimum atomic E-state index is 0.164. The van der Waals surface area contributed by atoms with Crippen LogP contribution in [0, 0.1) is 0 Å². The van der Waals surface area contributed by atoms with Gasteiger partial charge in [-0.25, -0.2) is 0 Å². The molecule has 1 heterocycles. The van der Waals surface area contributed by atoms with Crippen LogP contribution in [0.15, 0.2) is 89.8 Å². The Morgan fingerprint density at radius 1 is 0.824 bits per heavy atom. The number of fused-ring (bicyclic) bond motifs is 1. The first-order valence-corrected chi connectivity index (χ1v) is 11.9. The zero-order valence-corrected chi connectivity index (χ0v) is 20.8. The summed E-state index contributed by atoms with van der Waals surface area (Å²) in [5, 5.41) is 19.7. The molecule has 1 aliphatic heterocycles. The third-order valence-electron chi connectivity index (χ3n) is 6.02. The summed E-state index contributed by atoms with van der Waals surface area (Å²) in [5.41, 5.74) is 7.70. The molecular formula is C31H36O3. The molecule has 3 heteroatoms. The fourth-order valence-corrected chi connectivity index (χ4v) is 4.04. The van der Waals surface area contributed by atoms with E-state index in [9.17, 15) is 10.2 Å². The molecule has 34 heavy (non-hydrogen) atoms. The van der Waals surface area contributed by atoms with Gasteiger partial charge in [0.15, 0.2) is 0 Å². The van der Waals surface area contributed by atoms with Gasteiger partial charge in [-0.2, -0.15) is 0 Å². The van der Waals surface area contributed by atoms with Gasteiger partial charge >= 0.3 is 0 Å². The number of hydrogen-bond acceptors (Lipinski definition) is 3. The molecule has 2 aromatic rings. The summed E-state index contributed by atoms with van der Waals surface area (Å²) in [5.74, 6) is 1.79. The van der Waals surface area contributed by atoms with E-state index >= 15 is 0 Å². The van der Waals surface area contributed by atoms with Crippen molar-refractivity contribution in [2.45, 2.75) is 59.8 Å². The fourth-order valence-electron chi connectivity index (χ4n) is 4.04. The Morgan fingerprint density at radius 3 is 2.12 bits per heavy atom. The van der Waals surface area contributed by atoms with Crippen molar-refractivity contribution in [3.63, 3.8) is 0 Å². The fraction of sp³-hybridized carbons (Fsp3) is 0.290. The van der Waals surface area contributed by atoms with Crippen LogP contribution < -0.4 is 4.74 Å². The molecule has 0 saturated heterocycles. The van der Waals surface area contributed by atoms with E-state index in [1.807, 2.05) is 18.2 Å². The number of rotatable bonds is 9. The Bertz CT molecular complexity index is 1150. The molecular weight excluding hydrogens is 420 g/mol. The second-order valence-electron chi connectivity index (χ2n) is 9.27. The summed E-state index contributed by atoms with van der Waals surface area (Å²) >= 11 is 0. The van der Waals surface area contributed by atoms with Crippen molar-refractivity contribution >= 4 is 11.1 Å². The van der Waals surface area contributed by atoms with Crippen molar-refractivity contribution in [2.75, 3.05) is 0 Å². The highest BCUT2D eigenvalue weighted by atomic mass is 16.5. The van der Waals surface area contributed by atoms with Gasteiger partial charge in [0.2, 0.25) is 0 Å². The van der Waals surface area contributed by atoms with Crippen molar-refractivity contribution in [1.29, 1.82) is 0 Å². The molecule has 0 aromatic heterocycles. The first kappa shape index (κ1) is 25.2. The highest BCUT2D eigenvalue weighted by Gasteiger charge is 2.24. The summed E-state index contributed by atoms with van der Waals surface area (Å²) < 4.78 is 6.27. The van der Waals surface area contributed by atoms with Gasteiger partial charge in [0.25, 0.3) is 0 Å². The van der Waals surface area contributed by atoms with Gasteiger partial charge in [-0.15, -0.1) is 0 Å². The van der Waals surface area contributed by atoms with Crippen LogP contribution in [-0.2, 0) is 0 Å². The molecule has 0 aliphatic carbocycles. The molecule has 0 radical (unpaired) electrons. The van der Waals surface area contributed by atoms with Crippen LogP contribution in [-0.4, -0.2) is 10.2 Å². The van der Waals surface area contributed by atoms with Crippen LogP contribution in [0.4, 0.5) is 0 Å². The van der Waals surface area contributed by atoms with Crippen molar-refractivity contribution in [2.24, 2.45) is 0 Å². The summed E-state index contributed by atoms with van der Waals surface area (Å²) in [6, 6.07) is 12.2. The van der Waals surface area contributed by atoms with E-state index in [2.05, 4.69) is 52.5 Å². The molecule has 0 saturated carbocycles. The maximum Gasteiger partial charge on any atom is 0.138 e. The van der Waals surface area contributed by atoms with E-state index in [4.69, 9.17) is 4.74 Å². The number of allylic oxidation sites excluding steroid dienone is 8. The molecule has 0 spiro atoms. The van der Waals surface area contributed by atoms with Gasteiger partial charge in [0, 0.05) is 23.6 Å². The van der Waals surface area contributed by atoms with E-state index in [0.717, 1.165) is 53.7 Å². The van der Waals surface area contributed by atoms with Crippen LogP contribution in [0.5, 0.6) is 17.2 Å². The number of hydrogen-bond donors (Lipinski definition) is 2. The highest BCUT2D eigenvalue weighted by molar-refractivity contribution is 6.07. The average Bonchev–Trinajstić information content (AvgIpc) is 2.78. The summed E-state index contributed by atoms with van der Waals surface area (Å²) in [6.45, 7) is 13.0. The second-order valence-corrected chi connectivity index (χ2v) is 9.27. The maximum atomic E-state index is 9.94. The first-order valence-electron chi connectivity index (χ1n) is 11.9. The van der Waals surface area contributed by atoms with E-state index in [-0.39, 0.29) is 11.5 Å². The topological polar surface area (TPSA) is 49.7 Å². The lowest BCUT2D eigenvalue weighted by Crippen LogP contribution is -2.09. The number of aromatic hydroxyl groups is 2. The van der Waals surface area contributed by atoms with Crippen LogP contribution in [0.2, 0.25) is 0 Å². The lowest BCUT2D eigenvalue weighted by atomic mass is 9.89. The smallest absolute Gasteiger partial charge is 0.138 e. The minimum absolute atomic E-state index is 0.164. The van der Waals surface area contributed by atoms with E-state index in [1.165, 1.54) is 16.7 Å². The van der Waals surface area contributed by atoms with Gasteiger partial charge in [0.1, 0.15) is 23.0 Å². The molecule has 178 valence electrons. The molecule has 0 amide bonds. The Kier molecular flexibility index (Phi) is 8.59. The standard InChI is InChI=1S/C31H36O3/c1-21(2)8-6-9-22(3)10-7-11-23(4)12-19-29-31(25-13-15-26(32)16-14-25)24(5)28-18-17-27(33)20-30(28)34-29/h8,10,12-18,20,32-33H,5-7,9,11,19H2,1-4H3/b22-10+,23-12+. The van der Waals surface area contributed by atoms with Crippen LogP contribution in [0.25, 0.3) is 11.1 Å². The Morgan fingerprint density at radius 2 is 1.44 bits per heavy atom. The predicted molar refractivity (Wildman–Crippen MR) is 143 cm³/mol. The number of ether oxygens (including phenoxy) is 1. The molecule has 0 atom stereocenters. The monoisotopic (exact) mass is 456 g/mol. The SMILES string of the molecule is C=C1C(c2ccc(O)cc2)=C(C/C=C(\C)CC/C=C(\C)CCC=C(C)C)Oc2cc(O)ccc21. The van der Waals surface area contributed by atoms with Crippen LogP contribution >= 0.6 is 0 Å². The molecule has 3 rings (SSSR count). The lowest BCUT2D eigenvalue weighted by molar-refractivity contribution is 0.407. The molecule has 2 N–H and O–H groups in total. The van der Waals surface area contributed by atoms with Crippen LogP contribution in [0.3, 0.4) is 0 Å². The zero-order chi connectivity index (χ0) is 24.7. The molecule has 0 fully saturated rings. The van der Waals surface area contributed by atoms with Crippen molar-refractivity contribution in [3.8, 4) is 17.2 Å². The zero-order valence-electron chi connectivity index (χ0n) is 20.8. The number of phenolic OH excluding ortho intramolecular Hbond substituents is 2. The summed E-state index contributed by atoms with van der Waals surface area (Å²) in [6.07, 6.45) is 11.7. The Hall–Kier alpha value is -3.46. The van der Waals surface area contributed by atoms with Gasteiger partial charge in [0.05, 0.1) is 0 Å². The van der Waals surface area contributed by atoms with E-state index in [1.54, 1.807) is 24.3 Å². The van der Waals surface area contributed by atoms with Gasteiger partial charge in [-0.3, -0.25) is 0 Å². The maximum absolute atomic E-state index is 9.94. The Labute approximate surface area is 204 Å².